The average Bonchev–Trinajstić information content (AvgIpc) is 2.90. The highest BCUT2D eigenvalue weighted by atomic mass is 32.2. The summed E-state index contributed by atoms with van der Waals surface area (Å²) >= 11 is 0. The van der Waals surface area contributed by atoms with E-state index in [0.29, 0.717) is 17.9 Å². The van der Waals surface area contributed by atoms with Crippen LogP contribution in [0.5, 0.6) is 0 Å². The molecule has 0 aliphatic heterocycles. The molecule has 1 aromatic carbocycles. The molecular formula is C11H15N5O2S. The fourth-order valence-corrected chi connectivity index (χ4v) is 2.33. The summed E-state index contributed by atoms with van der Waals surface area (Å²) in [7, 11) is -2.11. The van der Waals surface area contributed by atoms with Crippen molar-refractivity contribution >= 4 is 21.4 Å². The first-order chi connectivity index (χ1) is 9.03. The highest BCUT2D eigenvalue weighted by molar-refractivity contribution is 7.89. The monoisotopic (exact) mass is 281 g/mol. The van der Waals surface area contributed by atoms with E-state index in [2.05, 4.69) is 20.2 Å². The van der Waals surface area contributed by atoms with Gasteiger partial charge in [-0.15, -0.1) is 0 Å². The largest absolute Gasteiger partial charge is 0.397 e. The number of aromatic amines is 1. The molecular weight excluding hydrogens is 266 g/mol. The summed E-state index contributed by atoms with van der Waals surface area (Å²) in [5, 5.41) is 9.74. The van der Waals surface area contributed by atoms with E-state index < -0.39 is 10.0 Å². The third kappa shape index (κ3) is 3.04. The first-order valence-electron chi connectivity index (χ1n) is 5.58. The standard InChI is InChI=1S/C11H15N5O2S/c1-13-19(17,18)9-2-3-11(10(12)6-9)14-7-8-4-5-15-16-8/h2-6,13-14H,7,12H2,1H3,(H,15,16). The molecule has 7 nitrogen and oxygen atoms in total. The molecule has 0 aliphatic carbocycles. The van der Waals surface area contributed by atoms with Crippen LogP contribution in [0.2, 0.25) is 0 Å². The van der Waals surface area contributed by atoms with Gasteiger partial charge in [0.2, 0.25) is 10.0 Å². The number of nitrogens with one attached hydrogen (secondary N) is 3. The van der Waals surface area contributed by atoms with Gasteiger partial charge in [0.05, 0.1) is 28.5 Å². The van der Waals surface area contributed by atoms with Crippen molar-refractivity contribution in [3.05, 3.63) is 36.2 Å². The maximum atomic E-state index is 11.6. The van der Waals surface area contributed by atoms with Crippen LogP contribution in [0.1, 0.15) is 5.69 Å². The van der Waals surface area contributed by atoms with Crippen molar-refractivity contribution in [1.29, 1.82) is 0 Å². The summed E-state index contributed by atoms with van der Waals surface area (Å²) in [6.45, 7) is 0.530. The van der Waals surface area contributed by atoms with Gasteiger partial charge >= 0.3 is 0 Å². The van der Waals surface area contributed by atoms with Gasteiger partial charge in [-0.2, -0.15) is 5.10 Å². The number of H-pyrrole nitrogens is 1. The number of aromatic nitrogens is 2. The van der Waals surface area contributed by atoms with Crippen LogP contribution in [0.3, 0.4) is 0 Å². The van der Waals surface area contributed by atoms with Gasteiger partial charge in [-0.05, 0) is 31.3 Å². The second-order valence-electron chi connectivity index (χ2n) is 3.89. The maximum absolute atomic E-state index is 11.6. The van der Waals surface area contributed by atoms with Gasteiger partial charge < -0.3 is 11.1 Å². The molecule has 2 rings (SSSR count). The summed E-state index contributed by atoms with van der Waals surface area (Å²) < 4.78 is 25.5. The number of rotatable bonds is 5. The Hall–Kier alpha value is -2.06. The van der Waals surface area contributed by atoms with E-state index >= 15 is 0 Å². The molecule has 0 atom stereocenters. The van der Waals surface area contributed by atoms with E-state index in [1.165, 1.54) is 19.2 Å². The molecule has 19 heavy (non-hydrogen) atoms. The lowest BCUT2D eigenvalue weighted by Gasteiger charge is -2.10. The molecule has 102 valence electrons. The van der Waals surface area contributed by atoms with Crippen molar-refractivity contribution < 1.29 is 8.42 Å². The third-order valence-corrected chi connectivity index (χ3v) is 4.04. The minimum atomic E-state index is -3.47. The molecule has 0 bridgehead atoms. The number of benzene rings is 1. The van der Waals surface area contributed by atoms with Crippen LogP contribution in [0.15, 0.2) is 35.4 Å². The summed E-state index contributed by atoms with van der Waals surface area (Å²) in [5.41, 5.74) is 7.78. The SMILES string of the molecule is CNS(=O)(=O)c1ccc(NCc2ccn[nH]2)c(N)c1. The van der Waals surface area contributed by atoms with Crippen LogP contribution in [0.4, 0.5) is 11.4 Å². The van der Waals surface area contributed by atoms with Gasteiger partial charge in [0, 0.05) is 6.20 Å². The first kappa shape index (κ1) is 13.4. The molecule has 0 fully saturated rings. The van der Waals surface area contributed by atoms with Gasteiger partial charge in [0.15, 0.2) is 0 Å². The fraction of sp³-hybridized carbons (Fsp3) is 0.182. The smallest absolute Gasteiger partial charge is 0.240 e. The summed E-state index contributed by atoms with van der Waals surface area (Å²) in [6.07, 6.45) is 1.66. The van der Waals surface area contributed by atoms with Crippen LogP contribution in [-0.2, 0) is 16.6 Å². The molecule has 5 N–H and O–H groups in total. The molecule has 2 aromatic rings. The van der Waals surface area contributed by atoms with E-state index in [-0.39, 0.29) is 4.90 Å². The molecule has 0 unspecified atom stereocenters. The molecule has 1 aromatic heterocycles. The topological polar surface area (TPSA) is 113 Å². The Labute approximate surface area is 111 Å². The summed E-state index contributed by atoms with van der Waals surface area (Å²) in [5.74, 6) is 0. The van der Waals surface area contributed by atoms with E-state index in [4.69, 9.17) is 5.73 Å². The lowest BCUT2D eigenvalue weighted by molar-refractivity contribution is 0.588. The molecule has 8 heteroatoms. The Morgan fingerprint density at radius 1 is 1.37 bits per heavy atom. The average molecular weight is 281 g/mol. The van der Waals surface area contributed by atoms with Crippen LogP contribution in [0.25, 0.3) is 0 Å². The van der Waals surface area contributed by atoms with Gasteiger partial charge in [0.25, 0.3) is 0 Å². The fourth-order valence-electron chi connectivity index (χ4n) is 1.56. The maximum Gasteiger partial charge on any atom is 0.240 e. The number of hydrogen-bond donors (Lipinski definition) is 4. The van der Waals surface area contributed by atoms with Crippen LogP contribution in [0, 0.1) is 0 Å². The molecule has 1 heterocycles. The highest BCUT2D eigenvalue weighted by Crippen LogP contribution is 2.22. The molecule has 0 amide bonds. The van der Waals surface area contributed by atoms with E-state index in [1.54, 1.807) is 12.3 Å². The van der Waals surface area contributed by atoms with Gasteiger partial charge in [0.1, 0.15) is 0 Å². The molecule has 0 saturated carbocycles. The molecule has 0 aliphatic rings. The summed E-state index contributed by atoms with van der Waals surface area (Å²) in [6, 6.07) is 6.39. The Balaban J connectivity index is 2.16. The van der Waals surface area contributed by atoms with E-state index in [0.717, 1.165) is 5.69 Å². The molecule has 0 spiro atoms. The lowest BCUT2D eigenvalue weighted by atomic mass is 10.2. The number of sulfonamides is 1. The van der Waals surface area contributed by atoms with Crippen LogP contribution >= 0.6 is 0 Å². The number of nitrogens with zero attached hydrogens (tertiary/aromatic N) is 1. The third-order valence-electron chi connectivity index (χ3n) is 2.63. The van der Waals surface area contributed by atoms with Gasteiger partial charge in [-0.1, -0.05) is 0 Å². The number of nitrogen functional groups attached to an aromatic ring is 1. The van der Waals surface area contributed by atoms with Gasteiger partial charge in [-0.25, -0.2) is 13.1 Å². The van der Waals surface area contributed by atoms with Crippen molar-refractivity contribution in [3.8, 4) is 0 Å². The Kier molecular flexibility index (Phi) is 3.72. The zero-order valence-electron chi connectivity index (χ0n) is 10.3. The minimum Gasteiger partial charge on any atom is -0.397 e. The summed E-state index contributed by atoms with van der Waals surface area (Å²) in [4.78, 5) is 0.139. The molecule has 0 radical (unpaired) electrons. The Morgan fingerprint density at radius 3 is 2.74 bits per heavy atom. The number of anilines is 2. The van der Waals surface area contributed by atoms with E-state index in [1.807, 2.05) is 6.07 Å². The second-order valence-corrected chi connectivity index (χ2v) is 5.78. The minimum absolute atomic E-state index is 0.139. The second kappa shape index (κ2) is 5.29. The highest BCUT2D eigenvalue weighted by Gasteiger charge is 2.12. The van der Waals surface area contributed by atoms with Gasteiger partial charge in [-0.3, -0.25) is 5.10 Å². The van der Waals surface area contributed by atoms with E-state index in [9.17, 15) is 8.42 Å². The normalized spacial score (nSPS) is 11.4. The predicted molar refractivity (Wildman–Crippen MR) is 73.0 cm³/mol. The first-order valence-corrected chi connectivity index (χ1v) is 7.06. The van der Waals surface area contributed by atoms with Crippen molar-refractivity contribution in [1.82, 2.24) is 14.9 Å². The van der Waals surface area contributed by atoms with Crippen molar-refractivity contribution in [2.24, 2.45) is 0 Å². The van der Waals surface area contributed by atoms with Crippen molar-refractivity contribution in [2.75, 3.05) is 18.1 Å². The Bertz CT molecular complexity index is 652. The van der Waals surface area contributed by atoms with Crippen LogP contribution in [-0.4, -0.2) is 25.7 Å². The zero-order valence-corrected chi connectivity index (χ0v) is 11.2. The molecule has 0 saturated heterocycles. The predicted octanol–water partition coefficient (Wildman–Crippen LogP) is 0.512. The van der Waals surface area contributed by atoms with Crippen LogP contribution < -0.4 is 15.8 Å². The quantitative estimate of drug-likeness (QED) is 0.596. The lowest BCUT2D eigenvalue weighted by Crippen LogP contribution is -2.18. The van der Waals surface area contributed by atoms with Crippen molar-refractivity contribution in [3.63, 3.8) is 0 Å². The number of nitrogens with two attached hydrogens (primary N) is 1. The van der Waals surface area contributed by atoms with Crippen molar-refractivity contribution in [2.45, 2.75) is 11.4 Å². The Morgan fingerprint density at radius 2 is 2.16 bits per heavy atom. The number of hydrogen-bond acceptors (Lipinski definition) is 5. The zero-order chi connectivity index (χ0) is 13.9.